The minimum absolute atomic E-state index is 0.0894. The fourth-order valence-electron chi connectivity index (χ4n) is 4.48. The second kappa shape index (κ2) is 11.0. The molecular formula is C28H37N3O4. The first-order valence-electron chi connectivity index (χ1n) is 12.3. The van der Waals surface area contributed by atoms with Crippen LogP contribution in [0.25, 0.3) is 5.76 Å². The van der Waals surface area contributed by atoms with Crippen LogP contribution in [0.2, 0.25) is 0 Å². The number of amides is 1. The number of nitrogens with zero attached hydrogens (tertiary/aromatic N) is 3. The summed E-state index contributed by atoms with van der Waals surface area (Å²) in [4.78, 5) is 34.4. The molecule has 3 rings (SSSR count). The molecular weight excluding hydrogens is 442 g/mol. The van der Waals surface area contributed by atoms with Crippen molar-refractivity contribution in [2.45, 2.75) is 53.0 Å². The third-order valence-electron chi connectivity index (χ3n) is 6.45. The Bertz CT molecular complexity index is 1090. The van der Waals surface area contributed by atoms with E-state index in [2.05, 4.69) is 44.5 Å². The van der Waals surface area contributed by atoms with Gasteiger partial charge in [-0.05, 0) is 55.3 Å². The van der Waals surface area contributed by atoms with Crippen LogP contribution in [0.3, 0.4) is 0 Å². The summed E-state index contributed by atoms with van der Waals surface area (Å²) in [5.74, 6) is -0.729. The zero-order valence-electron chi connectivity index (χ0n) is 21.7. The number of benzene rings is 1. The number of rotatable bonds is 9. The van der Waals surface area contributed by atoms with Gasteiger partial charge in [0.25, 0.3) is 11.7 Å². The Morgan fingerprint density at radius 1 is 1.14 bits per heavy atom. The van der Waals surface area contributed by atoms with Crippen LogP contribution in [-0.2, 0) is 15.0 Å². The zero-order valence-corrected chi connectivity index (χ0v) is 21.7. The third kappa shape index (κ3) is 5.56. The quantitative estimate of drug-likeness (QED) is 0.323. The van der Waals surface area contributed by atoms with E-state index in [0.717, 1.165) is 24.4 Å². The number of pyridine rings is 1. The molecule has 1 amide bonds. The predicted octanol–water partition coefficient (Wildman–Crippen LogP) is 4.54. The number of hydrogen-bond donors (Lipinski definition) is 1. The van der Waals surface area contributed by atoms with E-state index in [4.69, 9.17) is 4.74 Å². The van der Waals surface area contributed by atoms with Crippen LogP contribution >= 0.6 is 0 Å². The molecule has 1 fully saturated rings. The van der Waals surface area contributed by atoms with Crippen LogP contribution in [0.5, 0.6) is 5.75 Å². The summed E-state index contributed by atoms with van der Waals surface area (Å²) < 4.78 is 5.81. The van der Waals surface area contributed by atoms with Crippen LogP contribution in [0, 0.1) is 0 Å². The lowest BCUT2D eigenvalue weighted by Crippen LogP contribution is -2.38. The Morgan fingerprint density at radius 3 is 2.43 bits per heavy atom. The number of aromatic nitrogens is 1. The standard InChI is InChI=1S/C28H37N3O4/c1-7-30(8-2)15-16-31-24(20-11-10-14-29-18-20)23(26(33)27(31)34)25(32)19-12-13-22(35-9-3)21(17-19)28(4,5)6/h10-14,17-18,24,32H,7-9,15-16H2,1-6H3/b25-23-. The Morgan fingerprint density at radius 2 is 1.86 bits per heavy atom. The van der Waals surface area contributed by atoms with Gasteiger partial charge in [0.15, 0.2) is 0 Å². The Kier molecular flexibility index (Phi) is 8.33. The number of likely N-dealkylation sites (N-methyl/N-ethyl adjacent to an activating group) is 1. The van der Waals surface area contributed by atoms with Gasteiger partial charge in [0.05, 0.1) is 18.2 Å². The van der Waals surface area contributed by atoms with E-state index in [9.17, 15) is 14.7 Å². The minimum Gasteiger partial charge on any atom is -0.507 e. The first kappa shape index (κ1) is 26.4. The Labute approximate surface area is 208 Å². The molecule has 1 aliphatic heterocycles. The molecule has 7 nitrogen and oxygen atoms in total. The number of ether oxygens (including phenoxy) is 1. The topological polar surface area (TPSA) is 83.0 Å². The van der Waals surface area contributed by atoms with Crippen LogP contribution in [0.4, 0.5) is 0 Å². The fourth-order valence-corrected chi connectivity index (χ4v) is 4.48. The zero-order chi connectivity index (χ0) is 25.8. The molecule has 7 heteroatoms. The molecule has 2 heterocycles. The van der Waals surface area contributed by atoms with Gasteiger partial charge in [0, 0.05) is 36.6 Å². The Balaban J connectivity index is 2.14. The number of carbonyl (C=O) groups excluding carboxylic acids is 2. The number of aliphatic hydroxyl groups excluding tert-OH is 1. The van der Waals surface area contributed by atoms with Crippen LogP contribution in [-0.4, -0.2) is 64.4 Å². The SMILES string of the molecule is CCOc1ccc(/C(O)=C2/C(=O)C(=O)N(CCN(CC)CC)C2c2cccnc2)cc1C(C)(C)C. The summed E-state index contributed by atoms with van der Waals surface area (Å²) in [6.07, 6.45) is 3.29. The maximum atomic E-state index is 13.3. The van der Waals surface area contributed by atoms with E-state index in [1.807, 2.05) is 25.1 Å². The normalized spacial score (nSPS) is 17.9. The van der Waals surface area contributed by atoms with Gasteiger partial charge < -0.3 is 19.6 Å². The first-order chi connectivity index (χ1) is 16.6. The van der Waals surface area contributed by atoms with Gasteiger partial charge in [0.1, 0.15) is 11.5 Å². The van der Waals surface area contributed by atoms with Gasteiger partial charge in [-0.1, -0.05) is 40.7 Å². The van der Waals surface area contributed by atoms with Crippen molar-refractivity contribution in [3.63, 3.8) is 0 Å². The van der Waals surface area contributed by atoms with Crippen molar-refractivity contribution in [2.75, 3.05) is 32.8 Å². The van der Waals surface area contributed by atoms with E-state index in [1.165, 1.54) is 0 Å². The van der Waals surface area contributed by atoms with Crippen LogP contribution in [0.1, 0.15) is 64.3 Å². The molecule has 1 aliphatic rings. The summed E-state index contributed by atoms with van der Waals surface area (Å²) in [6.45, 7) is 15.5. The molecule has 1 aromatic carbocycles. The monoisotopic (exact) mass is 479 g/mol. The van der Waals surface area contributed by atoms with Crippen molar-refractivity contribution in [1.29, 1.82) is 0 Å². The number of carbonyl (C=O) groups is 2. The molecule has 0 bridgehead atoms. The number of ketones is 1. The van der Waals surface area contributed by atoms with E-state index >= 15 is 0 Å². The molecule has 2 aromatic rings. The lowest BCUT2D eigenvalue weighted by molar-refractivity contribution is -0.140. The van der Waals surface area contributed by atoms with Crippen molar-refractivity contribution in [2.24, 2.45) is 0 Å². The average Bonchev–Trinajstić information content (AvgIpc) is 3.09. The molecule has 0 aliphatic carbocycles. The van der Waals surface area contributed by atoms with Gasteiger partial charge >= 0.3 is 0 Å². The molecule has 1 N–H and O–H groups in total. The number of aliphatic hydroxyl groups is 1. The highest BCUT2D eigenvalue weighted by atomic mass is 16.5. The molecule has 188 valence electrons. The van der Waals surface area contributed by atoms with Crippen molar-refractivity contribution >= 4 is 17.4 Å². The summed E-state index contributed by atoms with van der Waals surface area (Å²) in [6, 6.07) is 8.30. The van der Waals surface area contributed by atoms with Gasteiger partial charge in [-0.25, -0.2) is 0 Å². The third-order valence-corrected chi connectivity index (χ3v) is 6.45. The summed E-state index contributed by atoms with van der Waals surface area (Å²) in [7, 11) is 0. The van der Waals surface area contributed by atoms with Gasteiger partial charge in [-0.15, -0.1) is 0 Å². The summed E-state index contributed by atoms with van der Waals surface area (Å²) in [5.41, 5.74) is 1.92. The lowest BCUT2D eigenvalue weighted by Gasteiger charge is -2.28. The minimum atomic E-state index is -0.705. The highest BCUT2D eigenvalue weighted by Crippen LogP contribution is 2.40. The second-order valence-electron chi connectivity index (χ2n) is 9.70. The molecule has 1 atom stereocenters. The number of Topliss-reactive ketones (excluding diaryl/α,β-unsaturated/α-hetero) is 1. The highest BCUT2D eigenvalue weighted by molar-refractivity contribution is 6.46. The maximum Gasteiger partial charge on any atom is 0.295 e. The van der Waals surface area contributed by atoms with Gasteiger partial charge in [-0.3, -0.25) is 14.6 Å². The first-order valence-corrected chi connectivity index (χ1v) is 12.3. The van der Waals surface area contributed by atoms with Gasteiger partial charge in [-0.2, -0.15) is 0 Å². The molecule has 0 spiro atoms. The molecule has 1 unspecified atom stereocenters. The van der Waals surface area contributed by atoms with E-state index in [-0.39, 0.29) is 16.7 Å². The molecule has 0 radical (unpaired) electrons. The van der Waals surface area contributed by atoms with Crippen LogP contribution in [0.15, 0.2) is 48.3 Å². The number of hydrogen-bond acceptors (Lipinski definition) is 6. The molecule has 0 saturated carbocycles. The fraction of sp³-hybridized carbons (Fsp3) is 0.464. The van der Waals surface area contributed by atoms with Gasteiger partial charge in [0.2, 0.25) is 0 Å². The summed E-state index contributed by atoms with van der Waals surface area (Å²) in [5, 5.41) is 11.4. The van der Waals surface area contributed by atoms with Crippen molar-refractivity contribution in [3.05, 3.63) is 65.0 Å². The van der Waals surface area contributed by atoms with Crippen molar-refractivity contribution < 1.29 is 19.4 Å². The smallest absolute Gasteiger partial charge is 0.295 e. The number of likely N-dealkylation sites (tertiary alicyclic amines) is 1. The second-order valence-corrected chi connectivity index (χ2v) is 9.70. The van der Waals surface area contributed by atoms with Crippen molar-refractivity contribution in [3.8, 4) is 5.75 Å². The highest BCUT2D eigenvalue weighted by Gasteiger charge is 2.46. The average molecular weight is 480 g/mol. The van der Waals surface area contributed by atoms with Crippen molar-refractivity contribution in [1.82, 2.24) is 14.8 Å². The molecule has 35 heavy (non-hydrogen) atoms. The summed E-state index contributed by atoms with van der Waals surface area (Å²) >= 11 is 0. The largest absolute Gasteiger partial charge is 0.507 e. The Hall–Kier alpha value is -3.19. The lowest BCUT2D eigenvalue weighted by atomic mass is 9.84. The van der Waals surface area contributed by atoms with E-state index in [1.54, 1.807) is 29.4 Å². The molecule has 1 aromatic heterocycles. The predicted molar refractivity (Wildman–Crippen MR) is 137 cm³/mol. The van der Waals surface area contributed by atoms with E-state index in [0.29, 0.717) is 30.8 Å². The van der Waals surface area contributed by atoms with E-state index < -0.39 is 17.7 Å². The van der Waals surface area contributed by atoms with Crippen LogP contribution < -0.4 is 4.74 Å². The molecule has 1 saturated heterocycles. The maximum absolute atomic E-state index is 13.3.